The lowest BCUT2D eigenvalue weighted by molar-refractivity contribution is 0.102. The molecule has 0 unspecified atom stereocenters. The van der Waals surface area contributed by atoms with E-state index in [-0.39, 0.29) is 5.91 Å². The van der Waals surface area contributed by atoms with Crippen LogP contribution in [0.4, 0.5) is 9.52 Å². The zero-order chi connectivity index (χ0) is 17.4. The van der Waals surface area contributed by atoms with Gasteiger partial charge in [-0.25, -0.2) is 14.2 Å². The Bertz CT molecular complexity index is 1130. The van der Waals surface area contributed by atoms with Gasteiger partial charge in [0, 0.05) is 16.5 Å². The van der Waals surface area contributed by atoms with E-state index in [2.05, 4.69) is 15.3 Å². The van der Waals surface area contributed by atoms with Gasteiger partial charge in [0.15, 0.2) is 10.7 Å². The Morgan fingerprint density at radius 1 is 1.20 bits per heavy atom. The van der Waals surface area contributed by atoms with Gasteiger partial charge in [0.25, 0.3) is 5.91 Å². The Morgan fingerprint density at radius 2 is 2.00 bits per heavy atom. The second kappa shape index (κ2) is 5.99. The summed E-state index contributed by atoms with van der Waals surface area (Å²) in [6.07, 6.45) is 0. The van der Waals surface area contributed by atoms with E-state index in [0.717, 1.165) is 5.56 Å². The van der Waals surface area contributed by atoms with Crippen LogP contribution in [0, 0.1) is 5.82 Å². The minimum Gasteiger partial charge on any atom is -0.408 e. The summed E-state index contributed by atoms with van der Waals surface area (Å²) >= 11 is 1.26. The van der Waals surface area contributed by atoms with Crippen LogP contribution in [0.5, 0.6) is 0 Å². The van der Waals surface area contributed by atoms with Crippen molar-refractivity contribution in [2.24, 2.45) is 0 Å². The van der Waals surface area contributed by atoms with Crippen molar-refractivity contribution in [3.8, 4) is 11.3 Å². The van der Waals surface area contributed by atoms with Crippen molar-refractivity contribution in [1.29, 1.82) is 0 Å². The second-order valence-corrected chi connectivity index (χ2v) is 6.08. The van der Waals surface area contributed by atoms with Gasteiger partial charge >= 0.3 is 5.76 Å². The fourth-order valence-corrected chi connectivity index (χ4v) is 3.05. The van der Waals surface area contributed by atoms with Crippen LogP contribution in [0.3, 0.4) is 0 Å². The fraction of sp³-hybridized carbons (Fsp3) is 0. The predicted molar refractivity (Wildman–Crippen MR) is 92.3 cm³/mol. The van der Waals surface area contributed by atoms with Crippen LogP contribution in [-0.4, -0.2) is 15.9 Å². The first kappa shape index (κ1) is 15.3. The van der Waals surface area contributed by atoms with Crippen molar-refractivity contribution in [3.05, 3.63) is 69.8 Å². The molecule has 2 aromatic heterocycles. The number of aromatic nitrogens is 2. The fourth-order valence-electron chi connectivity index (χ4n) is 2.34. The highest BCUT2D eigenvalue weighted by molar-refractivity contribution is 7.14. The first-order valence-electron chi connectivity index (χ1n) is 7.24. The van der Waals surface area contributed by atoms with Crippen LogP contribution in [0.25, 0.3) is 22.4 Å². The van der Waals surface area contributed by atoms with Crippen LogP contribution in [0.15, 0.2) is 57.1 Å². The van der Waals surface area contributed by atoms with E-state index in [9.17, 15) is 14.0 Å². The van der Waals surface area contributed by atoms with E-state index < -0.39 is 11.6 Å². The summed E-state index contributed by atoms with van der Waals surface area (Å²) in [7, 11) is 0. The average Bonchev–Trinajstić information content (AvgIpc) is 3.20. The maximum atomic E-state index is 12.9. The average molecular weight is 355 g/mol. The number of H-pyrrole nitrogens is 1. The number of amides is 1. The molecule has 0 saturated heterocycles. The number of carbonyl (C=O) groups excluding carboxylic acids is 1. The summed E-state index contributed by atoms with van der Waals surface area (Å²) in [5, 5.41) is 4.88. The quantitative estimate of drug-likeness (QED) is 0.587. The number of hydrogen-bond donors (Lipinski definition) is 2. The second-order valence-electron chi connectivity index (χ2n) is 5.22. The van der Waals surface area contributed by atoms with Crippen molar-refractivity contribution < 1.29 is 13.6 Å². The number of thiazole rings is 1. The highest BCUT2D eigenvalue weighted by Crippen LogP contribution is 2.27. The number of nitrogens with one attached hydrogen (secondary N) is 2. The lowest BCUT2D eigenvalue weighted by Crippen LogP contribution is -2.11. The largest absolute Gasteiger partial charge is 0.417 e. The monoisotopic (exact) mass is 355 g/mol. The van der Waals surface area contributed by atoms with Gasteiger partial charge in [-0.2, -0.15) is 0 Å². The molecular formula is C17H10FN3O3S. The summed E-state index contributed by atoms with van der Waals surface area (Å²) < 4.78 is 17.9. The van der Waals surface area contributed by atoms with Crippen LogP contribution in [-0.2, 0) is 0 Å². The molecule has 124 valence electrons. The molecule has 4 aromatic rings. The Kier molecular flexibility index (Phi) is 3.66. The third-order valence-electron chi connectivity index (χ3n) is 3.55. The molecule has 6 nitrogen and oxygen atoms in total. The Balaban J connectivity index is 1.57. The van der Waals surface area contributed by atoms with Gasteiger partial charge in [-0.15, -0.1) is 11.3 Å². The molecule has 0 spiro atoms. The van der Waals surface area contributed by atoms with E-state index >= 15 is 0 Å². The molecule has 25 heavy (non-hydrogen) atoms. The molecule has 0 fully saturated rings. The molecule has 2 aromatic carbocycles. The van der Waals surface area contributed by atoms with Crippen LogP contribution in [0.1, 0.15) is 10.4 Å². The van der Waals surface area contributed by atoms with Crippen molar-refractivity contribution in [1.82, 2.24) is 9.97 Å². The first-order valence-corrected chi connectivity index (χ1v) is 8.12. The first-order chi connectivity index (χ1) is 12.1. The van der Waals surface area contributed by atoms with Gasteiger partial charge < -0.3 is 4.42 Å². The van der Waals surface area contributed by atoms with Gasteiger partial charge in [-0.1, -0.05) is 6.07 Å². The molecule has 0 aliphatic carbocycles. The maximum Gasteiger partial charge on any atom is 0.417 e. The molecule has 4 rings (SSSR count). The van der Waals surface area contributed by atoms with Crippen molar-refractivity contribution >= 4 is 33.5 Å². The molecule has 0 atom stereocenters. The Labute approximate surface area is 144 Å². The van der Waals surface area contributed by atoms with Gasteiger partial charge in [0.05, 0.1) is 11.2 Å². The summed E-state index contributed by atoms with van der Waals surface area (Å²) in [6, 6.07) is 10.5. The number of aromatic amines is 1. The highest BCUT2D eigenvalue weighted by Gasteiger charge is 2.11. The minimum absolute atomic E-state index is 0.341. The summed E-state index contributed by atoms with van der Waals surface area (Å²) in [6.45, 7) is 0. The van der Waals surface area contributed by atoms with Crippen molar-refractivity contribution in [3.63, 3.8) is 0 Å². The van der Waals surface area contributed by atoms with Gasteiger partial charge in [0.1, 0.15) is 5.82 Å². The van der Waals surface area contributed by atoms with Crippen LogP contribution in [0.2, 0.25) is 0 Å². The third-order valence-corrected chi connectivity index (χ3v) is 4.31. The van der Waals surface area contributed by atoms with E-state index in [1.54, 1.807) is 23.6 Å². The Hall–Kier alpha value is -3.26. The molecule has 8 heteroatoms. The van der Waals surface area contributed by atoms with Crippen LogP contribution < -0.4 is 11.1 Å². The lowest BCUT2D eigenvalue weighted by Gasteiger charge is -2.01. The number of oxazole rings is 1. The van der Waals surface area contributed by atoms with E-state index in [1.165, 1.54) is 35.6 Å². The molecular weight excluding hydrogens is 345 g/mol. The van der Waals surface area contributed by atoms with Crippen LogP contribution >= 0.6 is 11.3 Å². The molecule has 0 aliphatic heterocycles. The molecule has 0 aliphatic rings. The van der Waals surface area contributed by atoms with Crippen molar-refractivity contribution in [2.45, 2.75) is 0 Å². The zero-order valence-electron chi connectivity index (χ0n) is 12.6. The number of rotatable bonds is 3. The molecule has 0 radical (unpaired) electrons. The number of anilines is 1. The molecule has 2 heterocycles. The number of fused-ring (bicyclic) bond motifs is 1. The maximum absolute atomic E-state index is 12.9. The third kappa shape index (κ3) is 3.07. The van der Waals surface area contributed by atoms with Gasteiger partial charge in [0.2, 0.25) is 0 Å². The Morgan fingerprint density at radius 3 is 2.80 bits per heavy atom. The number of benzene rings is 2. The smallest absolute Gasteiger partial charge is 0.408 e. The van der Waals surface area contributed by atoms with E-state index in [0.29, 0.717) is 27.5 Å². The zero-order valence-corrected chi connectivity index (χ0v) is 13.4. The topological polar surface area (TPSA) is 88.0 Å². The lowest BCUT2D eigenvalue weighted by atomic mass is 10.1. The SMILES string of the molecule is O=C(Nc1nc(-c2ccc3[nH]c(=O)oc3c2)cs1)c1ccc(F)cc1. The molecule has 0 bridgehead atoms. The van der Waals surface area contributed by atoms with Gasteiger partial charge in [-0.05, 0) is 36.4 Å². The van der Waals surface area contributed by atoms with Crippen molar-refractivity contribution in [2.75, 3.05) is 5.32 Å². The number of nitrogens with zero attached hydrogens (tertiary/aromatic N) is 1. The molecule has 0 saturated carbocycles. The van der Waals surface area contributed by atoms with Gasteiger partial charge in [-0.3, -0.25) is 15.1 Å². The summed E-state index contributed by atoms with van der Waals surface area (Å²) in [5.74, 6) is -1.29. The molecule has 2 N–H and O–H groups in total. The van der Waals surface area contributed by atoms with E-state index in [1.807, 2.05) is 0 Å². The molecule has 1 amide bonds. The number of halogens is 1. The summed E-state index contributed by atoms with van der Waals surface area (Å²) in [5.41, 5.74) is 2.79. The predicted octanol–water partition coefficient (Wildman–Crippen LogP) is 3.64. The number of hydrogen-bond acceptors (Lipinski definition) is 5. The summed E-state index contributed by atoms with van der Waals surface area (Å²) in [4.78, 5) is 30.3. The number of carbonyl (C=O) groups is 1. The minimum atomic E-state index is -0.516. The normalized spacial score (nSPS) is 10.9. The standard InChI is InChI=1S/C17H10FN3O3S/c18-11-4-1-9(2-5-11)15(22)21-16-19-13(8-25-16)10-3-6-12-14(7-10)24-17(23)20-12/h1-8H,(H,20,23)(H,19,21,22). The highest BCUT2D eigenvalue weighted by atomic mass is 32.1. The van der Waals surface area contributed by atoms with E-state index in [4.69, 9.17) is 4.42 Å².